The molecular formula is C21H18O3. The molecule has 3 aromatic rings. The topological polar surface area (TPSA) is 46.5 Å². The van der Waals surface area contributed by atoms with E-state index in [0.717, 1.165) is 5.56 Å². The summed E-state index contributed by atoms with van der Waals surface area (Å²) in [7, 11) is 0. The van der Waals surface area contributed by atoms with Crippen LogP contribution in [0.15, 0.2) is 91.0 Å². The smallest absolute Gasteiger partial charge is 0.353 e. The molecule has 1 unspecified atom stereocenters. The Hall–Kier alpha value is -3.07. The van der Waals surface area contributed by atoms with E-state index in [1.807, 2.05) is 66.7 Å². The molecule has 0 bridgehead atoms. The van der Waals surface area contributed by atoms with E-state index < -0.39 is 11.6 Å². The van der Waals surface area contributed by atoms with Crippen LogP contribution < -0.4 is 4.74 Å². The van der Waals surface area contributed by atoms with Crippen molar-refractivity contribution in [1.29, 1.82) is 0 Å². The summed E-state index contributed by atoms with van der Waals surface area (Å²) in [6.07, 6.45) is 0.238. The molecule has 0 amide bonds. The summed E-state index contributed by atoms with van der Waals surface area (Å²) in [4.78, 5) is 12.3. The second kappa shape index (κ2) is 7.01. The number of carboxylic acid groups (broad SMARTS) is 1. The normalized spacial score (nSPS) is 13.0. The summed E-state index contributed by atoms with van der Waals surface area (Å²) in [6.45, 7) is 0. The van der Waals surface area contributed by atoms with Crippen molar-refractivity contribution in [3.05, 3.63) is 102 Å². The standard InChI is InChI=1S/C21H18O3/c22-20(23)21(18-12-6-2-7-13-18,16-17-10-4-1-5-11-17)24-19-14-8-3-9-15-19/h1-15H,16H2,(H,22,23). The zero-order valence-corrected chi connectivity index (χ0v) is 13.1. The van der Waals surface area contributed by atoms with Gasteiger partial charge in [0.15, 0.2) is 0 Å². The van der Waals surface area contributed by atoms with Crippen LogP contribution in [-0.2, 0) is 16.8 Å². The molecule has 0 aliphatic rings. The minimum absolute atomic E-state index is 0.238. The molecule has 0 saturated carbocycles. The second-order valence-corrected chi connectivity index (χ2v) is 5.58. The molecule has 3 heteroatoms. The third kappa shape index (κ3) is 3.30. The highest BCUT2D eigenvalue weighted by molar-refractivity contribution is 5.80. The molecule has 3 aromatic carbocycles. The molecule has 1 N–H and O–H groups in total. The molecule has 0 saturated heterocycles. The Balaban J connectivity index is 2.08. The summed E-state index contributed by atoms with van der Waals surface area (Å²) in [6, 6.07) is 27.7. The highest BCUT2D eigenvalue weighted by Gasteiger charge is 2.43. The van der Waals surface area contributed by atoms with Crippen LogP contribution in [0.3, 0.4) is 0 Å². The van der Waals surface area contributed by atoms with Crippen molar-refractivity contribution in [2.75, 3.05) is 0 Å². The fourth-order valence-corrected chi connectivity index (χ4v) is 2.72. The molecule has 0 heterocycles. The van der Waals surface area contributed by atoms with Gasteiger partial charge in [-0.3, -0.25) is 0 Å². The van der Waals surface area contributed by atoms with Crippen LogP contribution in [0.1, 0.15) is 11.1 Å². The SMILES string of the molecule is O=C(O)C(Cc1ccccc1)(Oc1ccccc1)c1ccccc1. The third-order valence-corrected chi connectivity index (χ3v) is 3.92. The fourth-order valence-electron chi connectivity index (χ4n) is 2.72. The molecular weight excluding hydrogens is 300 g/mol. The quantitative estimate of drug-likeness (QED) is 0.737. The third-order valence-electron chi connectivity index (χ3n) is 3.92. The maximum absolute atomic E-state index is 12.3. The molecule has 0 aromatic heterocycles. The average molecular weight is 318 g/mol. The van der Waals surface area contributed by atoms with Gasteiger partial charge in [0.1, 0.15) is 5.75 Å². The van der Waals surface area contributed by atoms with Crippen LogP contribution in [0.2, 0.25) is 0 Å². The van der Waals surface area contributed by atoms with Crippen molar-refractivity contribution in [2.24, 2.45) is 0 Å². The molecule has 1 atom stereocenters. The van der Waals surface area contributed by atoms with Gasteiger partial charge in [0, 0.05) is 12.0 Å². The maximum Gasteiger partial charge on any atom is 0.353 e. The first-order valence-corrected chi connectivity index (χ1v) is 7.78. The van der Waals surface area contributed by atoms with Gasteiger partial charge in [-0.15, -0.1) is 0 Å². The van der Waals surface area contributed by atoms with E-state index in [-0.39, 0.29) is 6.42 Å². The number of hydrogen-bond acceptors (Lipinski definition) is 2. The summed E-state index contributed by atoms with van der Waals surface area (Å²) >= 11 is 0. The van der Waals surface area contributed by atoms with Gasteiger partial charge in [-0.2, -0.15) is 0 Å². The average Bonchev–Trinajstić information content (AvgIpc) is 2.63. The van der Waals surface area contributed by atoms with Gasteiger partial charge in [0.05, 0.1) is 0 Å². The van der Waals surface area contributed by atoms with Crippen LogP contribution in [-0.4, -0.2) is 11.1 Å². The number of carbonyl (C=O) groups is 1. The number of carboxylic acids is 1. The van der Waals surface area contributed by atoms with Crippen molar-refractivity contribution in [3.63, 3.8) is 0 Å². The van der Waals surface area contributed by atoms with Gasteiger partial charge in [0.25, 0.3) is 0 Å². The van der Waals surface area contributed by atoms with E-state index in [4.69, 9.17) is 4.74 Å². The summed E-state index contributed by atoms with van der Waals surface area (Å²) in [5.74, 6) is -0.485. The lowest BCUT2D eigenvalue weighted by Crippen LogP contribution is -2.43. The van der Waals surface area contributed by atoms with E-state index in [1.165, 1.54) is 0 Å². The summed E-state index contributed by atoms with van der Waals surface area (Å²) < 4.78 is 6.05. The number of ether oxygens (including phenoxy) is 1. The molecule has 0 aliphatic carbocycles. The van der Waals surface area contributed by atoms with Crippen molar-refractivity contribution in [1.82, 2.24) is 0 Å². The predicted octanol–water partition coefficient (Wildman–Crippen LogP) is 4.29. The molecule has 24 heavy (non-hydrogen) atoms. The molecule has 0 spiro atoms. The van der Waals surface area contributed by atoms with E-state index in [2.05, 4.69) is 0 Å². The molecule has 120 valence electrons. The first kappa shape index (κ1) is 15.8. The molecule has 0 radical (unpaired) electrons. The van der Waals surface area contributed by atoms with Crippen LogP contribution in [0.5, 0.6) is 5.75 Å². The number of benzene rings is 3. The molecule has 0 fully saturated rings. The Labute approximate surface area is 141 Å². The first-order valence-electron chi connectivity index (χ1n) is 7.78. The van der Waals surface area contributed by atoms with E-state index >= 15 is 0 Å². The minimum Gasteiger partial charge on any atom is -0.478 e. The lowest BCUT2D eigenvalue weighted by atomic mass is 9.86. The van der Waals surface area contributed by atoms with Crippen molar-refractivity contribution in [2.45, 2.75) is 12.0 Å². The molecule has 3 rings (SSSR count). The van der Waals surface area contributed by atoms with Crippen molar-refractivity contribution in [3.8, 4) is 5.75 Å². The Bertz CT molecular complexity index is 742. The van der Waals surface area contributed by atoms with Gasteiger partial charge in [0.2, 0.25) is 5.60 Å². The minimum atomic E-state index is -1.48. The largest absolute Gasteiger partial charge is 0.478 e. The lowest BCUT2D eigenvalue weighted by molar-refractivity contribution is -0.156. The molecule has 0 aliphatic heterocycles. The number of aliphatic carboxylic acids is 1. The Morgan fingerprint density at radius 3 is 1.83 bits per heavy atom. The van der Waals surface area contributed by atoms with Gasteiger partial charge < -0.3 is 9.84 Å². The Kier molecular flexibility index (Phi) is 4.62. The zero-order valence-electron chi connectivity index (χ0n) is 13.1. The van der Waals surface area contributed by atoms with Gasteiger partial charge >= 0.3 is 5.97 Å². The van der Waals surface area contributed by atoms with Gasteiger partial charge in [-0.25, -0.2) is 4.79 Å². The summed E-state index contributed by atoms with van der Waals surface area (Å²) in [5.41, 5.74) is 0.0362. The second-order valence-electron chi connectivity index (χ2n) is 5.58. The monoisotopic (exact) mass is 318 g/mol. The summed E-state index contributed by atoms with van der Waals surface area (Å²) in [5, 5.41) is 10.1. The van der Waals surface area contributed by atoms with Crippen LogP contribution in [0, 0.1) is 0 Å². The van der Waals surface area contributed by atoms with Crippen molar-refractivity contribution >= 4 is 5.97 Å². The number of rotatable bonds is 6. The van der Waals surface area contributed by atoms with E-state index in [1.54, 1.807) is 24.3 Å². The Morgan fingerprint density at radius 1 is 0.792 bits per heavy atom. The van der Waals surface area contributed by atoms with E-state index in [9.17, 15) is 9.90 Å². The number of para-hydroxylation sites is 1. The zero-order chi connectivity index (χ0) is 16.8. The maximum atomic E-state index is 12.3. The van der Waals surface area contributed by atoms with Crippen LogP contribution in [0.25, 0.3) is 0 Å². The fraction of sp³-hybridized carbons (Fsp3) is 0.0952. The van der Waals surface area contributed by atoms with Crippen molar-refractivity contribution < 1.29 is 14.6 Å². The Morgan fingerprint density at radius 2 is 1.29 bits per heavy atom. The van der Waals surface area contributed by atoms with Crippen LogP contribution in [0.4, 0.5) is 0 Å². The molecule has 3 nitrogen and oxygen atoms in total. The lowest BCUT2D eigenvalue weighted by Gasteiger charge is -2.31. The van der Waals surface area contributed by atoms with E-state index in [0.29, 0.717) is 11.3 Å². The van der Waals surface area contributed by atoms with Gasteiger partial charge in [-0.1, -0.05) is 78.9 Å². The van der Waals surface area contributed by atoms with Gasteiger partial charge in [-0.05, 0) is 17.7 Å². The van der Waals surface area contributed by atoms with Crippen LogP contribution >= 0.6 is 0 Å². The number of hydrogen-bond donors (Lipinski definition) is 1. The highest BCUT2D eigenvalue weighted by Crippen LogP contribution is 2.32. The predicted molar refractivity (Wildman–Crippen MR) is 93.0 cm³/mol. The first-order chi connectivity index (χ1) is 11.7. The highest BCUT2D eigenvalue weighted by atomic mass is 16.5.